The summed E-state index contributed by atoms with van der Waals surface area (Å²) in [6.07, 6.45) is 0. The molecule has 0 amide bonds. The quantitative estimate of drug-likeness (QED) is 0.706. The summed E-state index contributed by atoms with van der Waals surface area (Å²) in [7, 11) is 3.00. The molecule has 1 aliphatic rings. The molecule has 1 aromatic carbocycles. The highest BCUT2D eigenvalue weighted by molar-refractivity contribution is 5.99. The maximum Gasteiger partial charge on any atom is 0.340 e. The van der Waals surface area contributed by atoms with E-state index in [9.17, 15) is 9.59 Å². The van der Waals surface area contributed by atoms with E-state index in [1.807, 2.05) is 0 Å². The zero-order valence-electron chi connectivity index (χ0n) is 16.7. The van der Waals surface area contributed by atoms with Crippen molar-refractivity contribution in [3.05, 3.63) is 46.6 Å². The Balaban J connectivity index is 2.76. The molecule has 0 saturated carbocycles. The van der Waals surface area contributed by atoms with Crippen LogP contribution < -0.4 is 15.2 Å². The van der Waals surface area contributed by atoms with Crippen molar-refractivity contribution in [2.75, 3.05) is 27.4 Å². The molecular weight excluding hydrogens is 366 g/mol. The van der Waals surface area contributed by atoms with Gasteiger partial charge in [-0.15, -0.1) is 0 Å². The molecule has 1 aliphatic heterocycles. The first-order valence-electron chi connectivity index (χ1n) is 8.83. The molecule has 8 nitrogen and oxygen atoms in total. The van der Waals surface area contributed by atoms with E-state index < -0.39 is 17.9 Å². The van der Waals surface area contributed by atoms with Gasteiger partial charge >= 0.3 is 11.9 Å². The second-order valence-corrected chi connectivity index (χ2v) is 5.83. The van der Waals surface area contributed by atoms with Gasteiger partial charge in [0.1, 0.15) is 22.8 Å². The summed E-state index contributed by atoms with van der Waals surface area (Å²) in [6, 6.07) is 5.06. The molecule has 2 rings (SSSR count). The Morgan fingerprint density at radius 1 is 1.04 bits per heavy atom. The van der Waals surface area contributed by atoms with Gasteiger partial charge in [0.05, 0.1) is 38.9 Å². The predicted octanol–water partition coefficient (Wildman–Crippen LogP) is 2.39. The number of allylic oxidation sites excluding steroid dienone is 1. The lowest BCUT2D eigenvalue weighted by Gasteiger charge is -2.29. The molecule has 2 N–H and O–H groups in total. The lowest BCUT2D eigenvalue weighted by molar-refractivity contribution is -0.140. The van der Waals surface area contributed by atoms with Crippen LogP contribution in [0.25, 0.3) is 0 Å². The Morgan fingerprint density at radius 3 is 2.18 bits per heavy atom. The van der Waals surface area contributed by atoms with Crippen molar-refractivity contribution in [3.8, 4) is 11.5 Å². The van der Waals surface area contributed by atoms with Crippen molar-refractivity contribution < 1.29 is 33.3 Å². The van der Waals surface area contributed by atoms with Crippen molar-refractivity contribution in [2.45, 2.75) is 26.7 Å². The zero-order valence-corrected chi connectivity index (χ0v) is 16.7. The molecule has 0 aromatic heterocycles. The number of benzene rings is 1. The predicted molar refractivity (Wildman–Crippen MR) is 101 cm³/mol. The molecule has 1 aromatic rings. The third-order valence-electron chi connectivity index (χ3n) is 4.22. The topological polar surface area (TPSA) is 106 Å². The highest BCUT2D eigenvalue weighted by Gasteiger charge is 2.41. The molecule has 8 heteroatoms. The molecule has 1 heterocycles. The summed E-state index contributed by atoms with van der Waals surface area (Å²) < 4.78 is 26.6. The first-order chi connectivity index (χ1) is 13.4. The van der Waals surface area contributed by atoms with Gasteiger partial charge in [-0.05, 0) is 39.0 Å². The van der Waals surface area contributed by atoms with Crippen LogP contribution in [0.4, 0.5) is 0 Å². The lowest BCUT2D eigenvalue weighted by atomic mass is 9.82. The summed E-state index contributed by atoms with van der Waals surface area (Å²) in [5, 5.41) is 0. The van der Waals surface area contributed by atoms with Gasteiger partial charge in [-0.25, -0.2) is 9.59 Å². The number of carbonyl (C=O) groups is 2. The van der Waals surface area contributed by atoms with E-state index >= 15 is 0 Å². The fourth-order valence-electron chi connectivity index (χ4n) is 3.04. The summed E-state index contributed by atoms with van der Waals surface area (Å²) >= 11 is 0. The third-order valence-corrected chi connectivity index (χ3v) is 4.22. The number of hydrogen-bond acceptors (Lipinski definition) is 8. The van der Waals surface area contributed by atoms with Gasteiger partial charge in [0, 0.05) is 5.56 Å². The van der Waals surface area contributed by atoms with Crippen LogP contribution in [-0.2, 0) is 23.8 Å². The molecule has 0 bridgehead atoms. The normalized spacial score (nSPS) is 16.4. The minimum absolute atomic E-state index is 0.00190. The number of esters is 2. The Labute approximate surface area is 163 Å². The fourth-order valence-corrected chi connectivity index (χ4v) is 3.04. The minimum atomic E-state index is -0.906. The zero-order chi connectivity index (χ0) is 20.8. The van der Waals surface area contributed by atoms with Crippen LogP contribution in [0.3, 0.4) is 0 Å². The number of carbonyl (C=O) groups excluding carboxylic acids is 2. The Morgan fingerprint density at radius 2 is 1.64 bits per heavy atom. The van der Waals surface area contributed by atoms with Crippen LogP contribution in [0.5, 0.6) is 11.5 Å². The van der Waals surface area contributed by atoms with Crippen molar-refractivity contribution in [2.24, 2.45) is 5.73 Å². The van der Waals surface area contributed by atoms with E-state index in [1.165, 1.54) is 14.2 Å². The van der Waals surface area contributed by atoms with E-state index in [0.717, 1.165) is 0 Å². The lowest BCUT2D eigenvalue weighted by Crippen LogP contribution is -2.30. The Kier molecular flexibility index (Phi) is 6.92. The first kappa shape index (κ1) is 21.1. The molecule has 0 spiro atoms. The van der Waals surface area contributed by atoms with Gasteiger partial charge in [0.25, 0.3) is 0 Å². The van der Waals surface area contributed by atoms with Gasteiger partial charge < -0.3 is 29.4 Å². The second-order valence-electron chi connectivity index (χ2n) is 5.83. The summed E-state index contributed by atoms with van der Waals surface area (Å²) in [5.41, 5.74) is 6.67. The first-order valence-corrected chi connectivity index (χ1v) is 8.83. The van der Waals surface area contributed by atoms with Crippen molar-refractivity contribution in [1.82, 2.24) is 0 Å². The minimum Gasteiger partial charge on any atom is -0.497 e. The molecule has 0 saturated heterocycles. The Bertz CT molecular complexity index is 786. The maximum absolute atomic E-state index is 12.7. The number of hydrogen-bond donors (Lipinski definition) is 1. The molecule has 152 valence electrons. The van der Waals surface area contributed by atoms with Crippen molar-refractivity contribution >= 4 is 11.9 Å². The van der Waals surface area contributed by atoms with E-state index in [2.05, 4.69) is 0 Å². The molecule has 1 atom stereocenters. The molecular formula is C20H25NO7. The van der Waals surface area contributed by atoms with Crippen LogP contribution in [0, 0.1) is 0 Å². The standard InChI is InChI=1S/C20H25NO7/c1-6-26-19(22)15-11(3)28-18(21)17(20(23)27-7-2)16(15)13-10-12(24-4)8-9-14(13)25-5/h8-10,16H,6-7,21H2,1-5H3/t16-/m0/s1. The van der Waals surface area contributed by atoms with Gasteiger partial charge in [0.2, 0.25) is 5.88 Å². The highest BCUT2D eigenvalue weighted by atomic mass is 16.5. The summed E-state index contributed by atoms with van der Waals surface area (Å²) in [6.45, 7) is 5.24. The monoisotopic (exact) mass is 391 g/mol. The van der Waals surface area contributed by atoms with E-state index in [4.69, 9.17) is 29.4 Å². The van der Waals surface area contributed by atoms with Crippen LogP contribution in [-0.4, -0.2) is 39.4 Å². The van der Waals surface area contributed by atoms with Gasteiger partial charge in [-0.1, -0.05) is 0 Å². The largest absolute Gasteiger partial charge is 0.497 e. The number of rotatable bonds is 7. The molecule has 0 radical (unpaired) electrons. The third kappa shape index (κ3) is 4.05. The molecule has 0 unspecified atom stereocenters. The fraction of sp³-hybridized carbons (Fsp3) is 0.400. The molecule has 0 aliphatic carbocycles. The van der Waals surface area contributed by atoms with Crippen LogP contribution >= 0.6 is 0 Å². The van der Waals surface area contributed by atoms with Crippen LogP contribution in [0.2, 0.25) is 0 Å². The van der Waals surface area contributed by atoms with Crippen molar-refractivity contribution in [1.29, 1.82) is 0 Å². The Hall–Kier alpha value is -3.16. The molecule has 0 fully saturated rings. The van der Waals surface area contributed by atoms with E-state index in [-0.39, 0.29) is 36.0 Å². The van der Waals surface area contributed by atoms with Crippen LogP contribution in [0.15, 0.2) is 41.0 Å². The number of methoxy groups -OCH3 is 2. The van der Waals surface area contributed by atoms with Gasteiger partial charge in [-0.3, -0.25) is 0 Å². The van der Waals surface area contributed by atoms with E-state index in [1.54, 1.807) is 39.0 Å². The van der Waals surface area contributed by atoms with Gasteiger partial charge in [-0.2, -0.15) is 0 Å². The SMILES string of the molecule is CCOC(=O)C1=C(C)OC(N)=C(C(=O)OCC)[C@H]1c1cc(OC)ccc1OC. The van der Waals surface area contributed by atoms with Crippen molar-refractivity contribution in [3.63, 3.8) is 0 Å². The summed E-state index contributed by atoms with van der Waals surface area (Å²) in [4.78, 5) is 25.4. The number of nitrogens with two attached hydrogens (primary N) is 1. The smallest absolute Gasteiger partial charge is 0.340 e. The van der Waals surface area contributed by atoms with E-state index in [0.29, 0.717) is 17.1 Å². The maximum atomic E-state index is 12.7. The summed E-state index contributed by atoms with van der Waals surface area (Å²) in [5.74, 6) is -1.16. The molecule has 28 heavy (non-hydrogen) atoms. The average Bonchev–Trinajstić information content (AvgIpc) is 2.66. The number of ether oxygens (including phenoxy) is 5. The van der Waals surface area contributed by atoms with Crippen LogP contribution in [0.1, 0.15) is 32.3 Å². The highest BCUT2D eigenvalue weighted by Crippen LogP contribution is 2.44. The average molecular weight is 391 g/mol. The second kappa shape index (κ2) is 9.16. The van der Waals surface area contributed by atoms with Gasteiger partial charge in [0.15, 0.2) is 0 Å².